The molecule has 0 heteroatoms. The third kappa shape index (κ3) is 15.3. The molecule has 0 bridgehead atoms. The highest BCUT2D eigenvalue weighted by atomic mass is 13.9. The number of rotatable bonds is 0. The van der Waals surface area contributed by atoms with Crippen LogP contribution in [0.1, 0.15) is 77.0 Å². The summed E-state index contributed by atoms with van der Waals surface area (Å²) >= 11 is 0. The Balaban J connectivity index is 2.29. The van der Waals surface area contributed by atoms with Gasteiger partial charge in [0, 0.05) is 0 Å². The van der Waals surface area contributed by atoms with E-state index in [1.54, 1.807) is 0 Å². The molecule has 0 heterocycles. The highest BCUT2D eigenvalue weighted by Gasteiger charge is 1.83. The van der Waals surface area contributed by atoms with Crippen LogP contribution in [0.2, 0.25) is 0 Å². The summed E-state index contributed by atoms with van der Waals surface area (Å²) in [7, 11) is 0. The van der Waals surface area contributed by atoms with E-state index in [2.05, 4.69) is 72.9 Å². The van der Waals surface area contributed by atoms with Gasteiger partial charge in [0.05, 0.1) is 0 Å². The molecule has 0 saturated carbocycles. The summed E-state index contributed by atoms with van der Waals surface area (Å²) in [5, 5.41) is 0. The van der Waals surface area contributed by atoms with Crippen LogP contribution < -0.4 is 0 Å². The molecular formula is C24H36. The van der Waals surface area contributed by atoms with Gasteiger partial charge in [0.1, 0.15) is 0 Å². The zero-order valence-electron chi connectivity index (χ0n) is 15.4. The minimum Gasteiger partial charge on any atom is -0.0882 e. The van der Waals surface area contributed by atoms with E-state index >= 15 is 0 Å². The predicted molar refractivity (Wildman–Crippen MR) is 110 cm³/mol. The van der Waals surface area contributed by atoms with Crippen LogP contribution in [0.5, 0.6) is 0 Å². The van der Waals surface area contributed by atoms with Gasteiger partial charge in [-0.3, -0.25) is 0 Å². The lowest BCUT2D eigenvalue weighted by Gasteiger charge is -1.92. The molecule has 0 nitrogen and oxygen atoms in total. The van der Waals surface area contributed by atoms with Crippen LogP contribution in [-0.4, -0.2) is 0 Å². The van der Waals surface area contributed by atoms with Crippen LogP contribution in [0.4, 0.5) is 0 Å². The summed E-state index contributed by atoms with van der Waals surface area (Å²) in [6, 6.07) is 0. The van der Waals surface area contributed by atoms with E-state index < -0.39 is 0 Å². The summed E-state index contributed by atoms with van der Waals surface area (Å²) in [6.07, 6.45) is 42.0. The number of allylic oxidation sites excluding steroid dienone is 12. The average molecular weight is 325 g/mol. The van der Waals surface area contributed by atoms with E-state index in [-0.39, 0.29) is 0 Å². The third-order valence-electron chi connectivity index (χ3n) is 4.00. The Bertz CT molecular complexity index is 284. The summed E-state index contributed by atoms with van der Waals surface area (Å²) in [4.78, 5) is 0. The summed E-state index contributed by atoms with van der Waals surface area (Å²) in [6.45, 7) is 0. The smallest absolute Gasteiger partial charge is 0.0316 e. The molecule has 0 spiro atoms. The Morgan fingerprint density at radius 1 is 0.167 bits per heavy atom. The summed E-state index contributed by atoms with van der Waals surface area (Å²) in [5.74, 6) is 0. The van der Waals surface area contributed by atoms with Crippen molar-refractivity contribution in [2.24, 2.45) is 0 Å². The maximum atomic E-state index is 2.33. The van der Waals surface area contributed by atoms with E-state index in [9.17, 15) is 0 Å². The monoisotopic (exact) mass is 324 g/mol. The molecule has 132 valence electrons. The molecule has 0 N–H and O–H groups in total. The molecule has 24 heavy (non-hydrogen) atoms. The predicted octanol–water partition coefficient (Wildman–Crippen LogP) is 8.02. The fourth-order valence-corrected chi connectivity index (χ4v) is 2.57. The van der Waals surface area contributed by atoms with E-state index in [4.69, 9.17) is 0 Å². The van der Waals surface area contributed by atoms with Gasteiger partial charge in [-0.2, -0.15) is 0 Å². The van der Waals surface area contributed by atoms with E-state index in [0.717, 1.165) is 0 Å². The van der Waals surface area contributed by atoms with Crippen molar-refractivity contribution in [3.63, 3.8) is 0 Å². The fraction of sp³-hybridized carbons (Fsp3) is 0.500. The van der Waals surface area contributed by atoms with Crippen molar-refractivity contribution in [1.82, 2.24) is 0 Å². The third-order valence-corrected chi connectivity index (χ3v) is 4.00. The molecule has 0 saturated heterocycles. The van der Waals surface area contributed by atoms with Crippen LogP contribution in [0.25, 0.3) is 0 Å². The first-order valence-corrected chi connectivity index (χ1v) is 9.90. The minimum absolute atomic E-state index is 1.17. The van der Waals surface area contributed by atoms with Crippen LogP contribution in [-0.2, 0) is 0 Å². The van der Waals surface area contributed by atoms with E-state index in [1.807, 2.05) is 0 Å². The average Bonchev–Trinajstić information content (AvgIpc) is 2.59. The molecule has 0 aliphatic heterocycles. The lowest BCUT2D eigenvalue weighted by atomic mass is 10.1. The van der Waals surface area contributed by atoms with Gasteiger partial charge in [-0.05, 0) is 77.0 Å². The van der Waals surface area contributed by atoms with Gasteiger partial charge in [-0.25, -0.2) is 0 Å². The van der Waals surface area contributed by atoms with Crippen molar-refractivity contribution in [2.45, 2.75) is 77.0 Å². The number of hydrogen-bond donors (Lipinski definition) is 0. The van der Waals surface area contributed by atoms with Gasteiger partial charge in [0.25, 0.3) is 0 Å². The largest absolute Gasteiger partial charge is 0.0882 e. The first kappa shape index (κ1) is 20.5. The molecular weight excluding hydrogens is 288 g/mol. The van der Waals surface area contributed by atoms with Gasteiger partial charge in [-0.15, -0.1) is 0 Å². The van der Waals surface area contributed by atoms with Gasteiger partial charge in [0.15, 0.2) is 0 Å². The minimum atomic E-state index is 1.17. The molecule has 1 aliphatic rings. The molecule has 0 aromatic rings. The molecule has 1 aliphatic carbocycles. The van der Waals surface area contributed by atoms with Crippen molar-refractivity contribution >= 4 is 0 Å². The normalized spacial score (nSPS) is 26.7. The molecule has 0 unspecified atom stereocenters. The first-order chi connectivity index (χ1) is 12.0. The lowest BCUT2D eigenvalue weighted by molar-refractivity contribution is 0.962. The van der Waals surface area contributed by atoms with Gasteiger partial charge >= 0.3 is 0 Å². The van der Waals surface area contributed by atoms with Crippen molar-refractivity contribution in [1.29, 1.82) is 0 Å². The molecule has 0 aromatic carbocycles. The van der Waals surface area contributed by atoms with E-state index in [1.165, 1.54) is 77.0 Å². The molecule has 0 fully saturated rings. The molecule has 0 amide bonds. The van der Waals surface area contributed by atoms with Gasteiger partial charge in [0.2, 0.25) is 0 Å². The first-order valence-electron chi connectivity index (χ1n) is 9.90. The molecule has 0 aromatic heterocycles. The standard InChI is InChI=1S/C24H36/c1-2-4-6-8-10-12-14-16-18-20-22-24-23-21-19-17-15-13-11-9-7-5-3-1/h1-2,7-10,15-18,23-24H,3-6,11-14,19-22H2/b2-1-,9-7+,10-8+,17-15-,18-16?,24-23+. The Morgan fingerprint density at radius 3 is 0.333 bits per heavy atom. The zero-order chi connectivity index (χ0) is 17.0. The maximum absolute atomic E-state index is 2.33. The SMILES string of the molecule is C1=CCC/C=C/CC/C=C\CC/C=C/CC/C=C\CC/C=C/CC1. The Hall–Kier alpha value is -1.56. The second kappa shape index (κ2) is 17.8. The van der Waals surface area contributed by atoms with E-state index in [0.29, 0.717) is 0 Å². The van der Waals surface area contributed by atoms with Crippen LogP contribution in [0.15, 0.2) is 72.9 Å². The highest BCUT2D eigenvalue weighted by Crippen LogP contribution is 2.03. The summed E-state index contributed by atoms with van der Waals surface area (Å²) < 4.78 is 0. The maximum Gasteiger partial charge on any atom is -0.0316 e. The van der Waals surface area contributed by atoms with Gasteiger partial charge < -0.3 is 0 Å². The molecule has 0 radical (unpaired) electrons. The molecule has 0 atom stereocenters. The van der Waals surface area contributed by atoms with Crippen LogP contribution in [0.3, 0.4) is 0 Å². The van der Waals surface area contributed by atoms with Gasteiger partial charge in [-0.1, -0.05) is 72.9 Å². The van der Waals surface area contributed by atoms with Crippen molar-refractivity contribution in [2.75, 3.05) is 0 Å². The Labute approximate surface area is 150 Å². The van der Waals surface area contributed by atoms with Crippen molar-refractivity contribution in [3.05, 3.63) is 72.9 Å². The zero-order valence-corrected chi connectivity index (χ0v) is 15.4. The second-order valence-corrected chi connectivity index (χ2v) is 6.29. The second-order valence-electron chi connectivity index (χ2n) is 6.29. The van der Waals surface area contributed by atoms with Crippen LogP contribution >= 0.6 is 0 Å². The highest BCUT2D eigenvalue weighted by molar-refractivity contribution is 4.94. The Kier molecular flexibility index (Phi) is 15.2. The Morgan fingerprint density at radius 2 is 0.250 bits per heavy atom. The van der Waals surface area contributed by atoms with Crippen LogP contribution in [0, 0.1) is 0 Å². The fourth-order valence-electron chi connectivity index (χ4n) is 2.57. The van der Waals surface area contributed by atoms with Crippen molar-refractivity contribution < 1.29 is 0 Å². The van der Waals surface area contributed by atoms with Crippen molar-refractivity contribution in [3.8, 4) is 0 Å². The quantitative estimate of drug-likeness (QED) is 0.396. The molecule has 1 rings (SSSR count). The lowest BCUT2D eigenvalue weighted by Crippen LogP contribution is -1.71. The topological polar surface area (TPSA) is 0 Å². The number of hydrogen-bond acceptors (Lipinski definition) is 0. The summed E-state index contributed by atoms with van der Waals surface area (Å²) in [5.41, 5.74) is 0.